The Bertz CT molecular complexity index is 824. The average molecular weight is 364 g/mol. The molecule has 0 aromatic heterocycles. The molecule has 0 bridgehead atoms. The Morgan fingerprint density at radius 1 is 0.846 bits per heavy atom. The third-order valence-corrected chi connectivity index (χ3v) is 3.32. The number of anilines is 1. The van der Waals surface area contributed by atoms with E-state index in [0.717, 1.165) is 12.1 Å². The molecule has 0 fully saturated rings. The van der Waals surface area contributed by atoms with Crippen molar-refractivity contribution in [3.63, 3.8) is 0 Å². The van der Waals surface area contributed by atoms with Gasteiger partial charge >= 0.3 is 6.18 Å². The van der Waals surface area contributed by atoms with Crippen LogP contribution in [-0.2, 0) is 6.18 Å². The summed E-state index contributed by atoms with van der Waals surface area (Å²) in [7, 11) is 0. The molecule has 0 heterocycles. The van der Waals surface area contributed by atoms with Gasteiger partial charge in [0.05, 0.1) is 5.56 Å². The second-order valence-corrected chi connectivity index (χ2v) is 6.82. The molecule has 2 aromatic rings. The van der Waals surface area contributed by atoms with E-state index in [1.54, 1.807) is 12.1 Å². The van der Waals surface area contributed by atoms with Gasteiger partial charge in [-0.3, -0.25) is 9.59 Å². The van der Waals surface area contributed by atoms with E-state index in [0.29, 0.717) is 0 Å². The van der Waals surface area contributed by atoms with Crippen LogP contribution >= 0.6 is 0 Å². The van der Waals surface area contributed by atoms with Crippen LogP contribution in [0.4, 0.5) is 18.9 Å². The van der Waals surface area contributed by atoms with Crippen LogP contribution in [0.15, 0.2) is 48.5 Å². The summed E-state index contributed by atoms with van der Waals surface area (Å²) in [6.45, 7) is 5.49. The summed E-state index contributed by atoms with van der Waals surface area (Å²) in [5.74, 6) is -0.944. The van der Waals surface area contributed by atoms with E-state index in [-0.39, 0.29) is 22.7 Å². The zero-order chi connectivity index (χ0) is 19.5. The van der Waals surface area contributed by atoms with Crippen LogP contribution < -0.4 is 10.6 Å². The van der Waals surface area contributed by atoms with Gasteiger partial charge in [-0.25, -0.2) is 0 Å². The lowest BCUT2D eigenvalue weighted by atomic mass is 10.1. The molecular formula is C19H19F3N2O2. The Hall–Kier alpha value is -2.83. The first-order valence-corrected chi connectivity index (χ1v) is 7.87. The first-order valence-electron chi connectivity index (χ1n) is 7.87. The Morgan fingerprint density at radius 2 is 1.42 bits per heavy atom. The Kier molecular flexibility index (Phi) is 5.39. The predicted molar refractivity (Wildman–Crippen MR) is 93.1 cm³/mol. The summed E-state index contributed by atoms with van der Waals surface area (Å²) in [4.78, 5) is 24.5. The van der Waals surface area contributed by atoms with Crippen LogP contribution in [-0.4, -0.2) is 17.4 Å². The van der Waals surface area contributed by atoms with E-state index in [9.17, 15) is 22.8 Å². The van der Waals surface area contributed by atoms with Gasteiger partial charge in [-0.05, 0) is 57.2 Å². The molecule has 138 valence electrons. The second-order valence-electron chi connectivity index (χ2n) is 6.82. The number of carbonyl (C=O) groups is 2. The summed E-state index contributed by atoms with van der Waals surface area (Å²) in [6, 6.07) is 10.3. The molecular weight excluding hydrogens is 345 g/mol. The van der Waals surface area contributed by atoms with Crippen LogP contribution in [0.5, 0.6) is 0 Å². The molecule has 0 unspecified atom stereocenters. The van der Waals surface area contributed by atoms with Crippen LogP contribution in [0, 0.1) is 0 Å². The number of hydrogen-bond donors (Lipinski definition) is 2. The molecule has 2 aromatic carbocycles. The third kappa shape index (κ3) is 5.34. The van der Waals surface area contributed by atoms with Crippen molar-refractivity contribution in [3.05, 3.63) is 65.2 Å². The predicted octanol–water partition coefficient (Wildman–Crippen LogP) is 4.49. The van der Waals surface area contributed by atoms with Crippen LogP contribution in [0.25, 0.3) is 0 Å². The molecule has 2 N–H and O–H groups in total. The highest BCUT2D eigenvalue weighted by Crippen LogP contribution is 2.30. The zero-order valence-corrected chi connectivity index (χ0v) is 14.6. The van der Waals surface area contributed by atoms with Crippen LogP contribution in [0.1, 0.15) is 47.1 Å². The smallest absolute Gasteiger partial charge is 0.347 e. The summed E-state index contributed by atoms with van der Waals surface area (Å²) in [5, 5.41) is 5.19. The van der Waals surface area contributed by atoms with E-state index in [4.69, 9.17) is 0 Å². The number of alkyl halides is 3. The van der Waals surface area contributed by atoms with Crippen molar-refractivity contribution in [2.24, 2.45) is 0 Å². The number of carbonyl (C=O) groups excluding carboxylic acids is 2. The highest BCUT2D eigenvalue weighted by molar-refractivity contribution is 6.06. The average Bonchev–Trinajstić information content (AvgIpc) is 2.53. The van der Waals surface area contributed by atoms with Gasteiger partial charge in [-0.1, -0.05) is 12.1 Å². The fourth-order valence-corrected chi connectivity index (χ4v) is 2.19. The zero-order valence-electron chi connectivity index (χ0n) is 14.6. The van der Waals surface area contributed by atoms with Crippen LogP contribution in [0.3, 0.4) is 0 Å². The molecule has 0 atom stereocenters. The van der Waals surface area contributed by atoms with Crippen molar-refractivity contribution in [1.29, 1.82) is 0 Å². The molecule has 26 heavy (non-hydrogen) atoms. The molecule has 4 nitrogen and oxygen atoms in total. The Balaban J connectivity index is 2.18. The van der Waals surface area contributed by atoms with E-state index in [1.807, 2.05) is 20.8 Å². The maximum Gasteiger partial charge on any atom is 0.416 e. The number of benzene rings is 2. The first-order chi connectivity index (χ1) is 12.0. The second kappa shape index (κ2) is 7.19. The maximum atomic E-state index is 12.7. The van der Waals surface area contributed by atoms with Crippen molar-refractivity contribution < 1.29 is 22.8 Å². The molecule has 0 radical (unpaired) electrons. The first kappa shape index (κ1) is 19.5. The Morgan fingerprint density at radius 3 is 2.00 bits per heavy atom. The molecule has 2 amide bonds. The van der Waals surface area contributed by atoms with Crippen molar-refractivity contribution >= 4 is 17.5 Å². The van der Waals surface area contributed by atoms with Gasteiger partial charge < -0.3 is 10.6 Å². The van der Waals surface area contributed by atoms with Crippen molar-refractivity contribution in [2.45, 2.75) is 32.5 Å². The molecule has 0 saturated heterocycles. The van der Waals surface area contributed by atoms with Gasteiger partial charge in [0.1, 0.15) is 0 Å². The van der Waals surface area contributed by atoms with Crippen molar-refractivity contribution in [3.8, 4) is 0 Å². The lowest BCUT2D eigenvalue weighted by Crippen LogP contribution is -2.40. The summed E-state index contributed by atoms with van der Waals surface area (Å²) in [6.07, 6.45) is -4.49. The van der Waals surface area contributed by atoms with E-state index >= 15 is 0 Å². The molecule has 0 spiro atoms. The summed E-state index contributed by atoms with van der Waals surface area (Å²) < 4.78 is 38.2. The number of nitrogens with one attached hydrogen (secondary N) is 2. The van der Waals surface area contributed by atoms with E-state index in [2.05, 4.69) is 10.6 Å². The number of amides is 2. The SMILES string of the molecule is CC(C)(C)NC(=O)c1cccc(C(=O)Nc2cccc(C(F)(F)F)c2)c1. The quantitative estimate of drug-likeness (QED) is 0.843. The van der Waals surface area contributed by atoms with E-state index in [1.165, 1.54) is 24.3 Å². The number of hydrogen-bond acceptors (Lipinski definition) is 2. The largest absolute Gasteiger partial charge is 0.416 e. The standard InChI is InChI=1S/C19H19F3N2O2/c1-18(2,3)24-17(26)13-7-4-6-12(10-13)16(25)23-15-9-5-8-14(11-15)19(20,21)22/h4-11H,1-3H3,(H,23,25)(H,24,26). The van der Waals surface area contributed by atoms with Gasteiger partial charge in [0.2, 0.25) is 0 Å². The fraction of sp³-hybridized carbons (Fsp3) is 0.263. The minimum atomic E-state index is -4.49. The number of halogens is 3. The van der Waals surface area contributed by atoms with Crippen molar-refractivity contribution in [1.82, 2.24) is 5.32 Å². The van der Waals surface area contributed by atoms with Gasteiger partial charge in [0, 0.05) is 22.4 Å². The lowest BCUT2D eigenvalue weighted by Gasteiger charge is -2.20. The van der Waals surface area contributed by atoms with Gasteiger partial charge in [-0.2, -0.15) is 13.2 Å². The van der Waals surface area contributed by atoms with Gasteiger partial charge in [-0.15, -0.1) is 0 Å². The number of rotatable bonds is 3. The molecule has 0 saturated carbocycles. The minimum absolute atomic E-state index is 0.0226. The van der Waals surface area contributed by atoms with Gasteiger partial charge in [0.25, 0.3) is 11.8 Å². The fourth-order valence-electron chi connectivity index (χ4n) is 2.19. The molecule has 7 heteroatoms. The lowest BCUT2D eigenvalue weighted by molar-refractivity contribution is -0.137. The molecule has 0 aliphatic carbocycles. The summed E-state index contributed by atoms with van der Waals surface area (Å²) in [5.41, 5.74) is -0.809. The minimum Gasteiger partial charge on any atom is -0.347 e. The normalized spacial score (nSPS) is 11.8. The van der Waals surface area contributed by atoms with E-state index < -0.39 is 23.2 Å². The summed E-state index contributed by atoms with van der Waals surface area (Å²) >= 11 is 0. The molecule has 0 aliphatic rings. The van der Waals surface area contributed by atoms with Gasteiger partial charge in [0.15, 0.2) is 0 Å². The van der Waals surface area contributed by atoms with Crippen molar-refractivity contribution in [2.75, 3.05) is 5.32 Å². The Labute approximate surface area is 149 Å². The maximum absolute atomic E-state index is 12.7. The van der Waals surface area contributed by atoms with Crippen LogP contribution in [0.2, 0.25) is 0 Å². The molecule has 0 aliphatic heterocycles. The topological polar surface area (TPSA) is 58.2 Å². The monoisotopic (exact) mass is 364 g/mol. The third-order valence-electron chi connectivity index (χ3n) is 3.32. The highest BCUT2D eigenvalue weighted by atomic mass is 19.4. The highest BCUT2D eigenvalue weighted by Gasteiger charge is 2.30. The molecule has 2 rings (SSSR count).